The summed E-state index contributed by atoms with van der Waals surface area (Å²) >= 11 is 0. The summed E-state index contributed by atoms with van der Waals surface area (Å²) in [5.74, 6) is 0.0656. The second-order valence-corrected chi connectivity index (χ2v) is 4.39. The highest BCUT2D eigenvalue weighted by Crippen LogP contribution is 2.10. The average molecular weight is 245 g/mol. The predicted molar refractivity (Wildman–Crippen MR) is 69.5 cm³/mol. The Kier molecular flexibility index (Phi) is 4.34. The molecule has 1 fully saturated rings. The second-order valence-electron chi connectivity index (χ2n) is 4.39. The number of hydrogen-bond acceptors (Lipinski definition) is 3. The Morgan fingerprint density at radius 2 is 1.94 bits per heavy atom. The van der Waals surface area contributed by atoms with E-state index < -0.39 is 0 Å². The third-order valence-electron chi connectivity index (χ3n) is 3.15. The molecule has 0 aromatic heterocycles. The van der Waals surface area contributed by atoms with Crippen LogP contribution in [0, 0.1) is 6.42 Å². The van der Waals surface area contributed by atoms with Crippen molar-refractivity contribution >= 4 is 11.6 Å². The molecule has 0 atom stereocenters. The number of benzene rings is 1. The van der Waals surface area contributed by atoms with Crippen LogP contribution < -0.4 is 0 Å². The first kappa shape index (κ1) is 12.6. The molecule has 0 aliphatic carbocycles. The topological polar surface area (TPSA) is 52.9 Å². The van der Waals surface area contributed by atoms with E-state index in [0.717, 1.165) is 11.3 Å². The van der Waals surface area contributed by atoms with Gasteiger partial charge in [-0.2, -0.15) is 0 Å². The summed E-state index contributed by atoms with van der Waals surface area (Å²) in [5, 5.41) is 11.8. The molecule has 0 spiro atoms. The normalized spacial score (nSPS) is 15.6. The van der Waals surface area contributed by atoms with Gasteiger partial charge in [-0.3, -0.25) is 4.79 Å². The van der Waals surface area contributed by atoms with Crippen molar-refractivity contribution in [2.45, 2.75) is 19.3 Å². The van der Waals surface area contributed by atoms with E-state index in [-0.39, 0.29) is 5.91 Å². The molecule has 0 saturated carbocycles. The van der Waals surface area contributed by atoms with E-state index in [1.165, 1.54) is 0 Å². The SMILES string of the molecule is O=C([CH]Cc1ccccc1)N1CCC(=NO)CC1. The van der Waals surface area contributed by atoms with Crippen LogP contribution in [0.5, 0.6) is 0 Å². The molecule has 1 aliphatic heterocycles. The predicted octanol–water partition coefficient (Wildman–Crippen LogP) is 1.89. The monoisotopic (exact) mass is 245 g/mol. The molecule has 4 heteroatoms. The summed E-state index contributed by atoms with van der Waals surface area (Å²) in [5.41, 5.74) is 1.92. The lowest BCUT2D eigenvalue weighted by Gasteiger charge is -2.27. The molecule has 1 aromatic carbocycles. The Bertz CT molecular complexity index is 419. The van der Waals surface area contributed by atoms with Crippen LogP contribution in [0.15, 0.2) is 35.5 Å². The summed E-state index contributed by atoms with van der Waals surface area (Å²) in [6.45, 7) is 1.28. The van der Waals surface area contributed by atoms with Crippen LogP contribution in [0.3, 0.4) is 0 Å². The van der Waals surface area contributed by atoms with Crippen molar-refractivity contribution in [2.75, 3.05) is 13.1 Å². The van der Waals surface area contributed by atoms with Crippen LogP contribution in [-0.2, 0) is 11.2 Å². The van der Waals surface area contributed by atoms with Gasteiger partial charge in [-0.15, -0.1) is 0 Å². The Morgan fingerprint density at radius 1 is 1.28 bits per heavy atom. The molecule has 1 heterocycles. The lowest BCUT2D eigenvalue weighted by Crippen LogP contribution is -2.39. The summed E-state index contributed by atoms with van der Waals surface area (Å²) in [7, 11) is 0. The van der Waals surface area contributed by atoms with E-state index >= 15 is 0 Å². The fourth-order valence-electron chi connectivity index (χ4n) is 2.03. The van der Waals surface area contributed by atoms with E-state index in [4.69, 9.17) is 5.21 Å². The van der Waals surface area contributed by atoms with Crippen molar-refractivity contribution in [3.63, 3.8) is 0 Å². The van der Waals surface area contributed by atoms with Crippen molar-refractivity contribution in [1.82, 2.24) is 4.90 Å². The highest BCUT2D eigenvalue weighted by Gasteiger charge is 2.19. The van der Waals surface area contributed by atoms with E-state index in [0.29, 0.717) is 32.4 Å². The number of nitrogens with zero attached hydrogens (tertiary/aromatic N) is 2. The standard InChI is InChI=1S/C14H17N2O2/c17-14(7-6-12-4-2-1-3-5-12)16-10-8-13(15-18)9-11-16/h1-5,7,18H,6,8-11H2. The summed E-state index contributed by atoms with van der Waals surface area (Å²) < 4.78 is 0. The first-order valence-electron chi connectivity index (χ1n) is 6.15. The quantitative estimate of drug-likeness (QED) is 0.653. The second kappa shape index (κ2) is 6.19. The van der Waals surface area contributed by atoms with Gasteiger partial charge in [0, 0.05) is 25.9 Å². The molecule has 1 amide bonds. The number of likely N-dealkylation sites (tertiary alicyclic amines) is 1. The third-order valence-corrected chi connectivity index (χ3v) is 3.15. The molecule has 1 saturated heterocycles. The highest BCUT2D eigenvalue weighted by atomic mass is 16.4. The van der Waals surface area contributed by atoms with Crippen LogP contribution in [0.1, 0.15) is 18.4 Å². The van der Waals surface area contributed by atoms with Gasteiger partial charge in [0.2, 0.25) is 5.91 Å². The van der Waals surface area contributed by atoms with Crippen LogP contribution >= 0.6 is 0 Å². The van der Waals surface area contributed by atoms with Crippen LogP contribution in [0.4, 0.5) is 0 Å². The molecule has 0 bridgehead atoms. The highest BCUT2D eigenvalue weighted by molar-refractivity contribution is 5.89. The van der Waals surface area contributed by atoms with Crippen molar-refractivity contribution in [1.29, 1.82) is 0 Å². The molecule has 0 unspecified atom stereocenters. The fourth-order valence-corrected chi connectivity index (χ4v) is 2.03. The third kappa shape index (κ3) is 3.32. The van der Waals surface area contributed by atoms with Gasteiger partial charge in [-0.05, 0) is 12.0 Å². The van der Waals surface area contributed by atoms with Gasteiger partial charge < -0.3 is 10.1 Å². The maximum Gasteiger partial charge on any atom is 0.226 e. The maximum atomic E-state index is 11.9. The zero-order chi connectivity index (χ0) is 12.8. The van der Waals surface area contributed by atoms with Gasteiger partial charge in [0.05, 0.1) is 12.1 Å². The molecule has 1 aromatic rings. The molecular weight excluding hydrogens is 228 g/mol. The van der Waals surface area contributed by atoms with Gasteiger partial charge in [-0.1, -0.05) is 35.5 Å². The van der Waals surface area contributed by atoms with Gasteiger partial charge in [0.1, 0.15) is 0 Å². The molecule has 18 heavy (non-hydrogen) atoms. The number of hydrogen-bond donors (Lipinski definition) is 1. The Hall–Kier alpha value is -1.84. The zero-order valence-corrected chi connectivity index (χ0v) is 10.2. The van der Waals surface area contributed by atoms with Crippen LogP contribution in [0.2, 0.25) is 0 Å². The largest absolute Gasteiger partial charge is 0.411 e. The first-order chi connectivity index (χ1) is 8.79. The van der Waals surface area contributed by atoms with Crippen molar-refractivity contribution in [2.24, 2.45) is 5.16 Å². The lowest BCUT2D eigenvalue weighted by atomic mass is 10.1. The summed E-state index contributed by atoms with van der Waals surface area (Å²) in [4.78, 5) is 13.7. The lowest BCUT2D eigenvalue weighted by molar-refractivity contribution is -0.127. The van der Waals surface area contributed by atoms with Crippen molar-refractivity contribution in [3.8, 4) is 0 Å². The minimum atomic E-state index is 0.0656. The first-order valence-corrected chi connectivity index (χ1v) is 6.15. The minimum absolute atomic E-state index is 0.0656. The smallest absolute Gasteiger partial charge is 0.226 e. The molecule has 4 nitrogen and oxygen atoms in total. The average Bonchev–Trinajstić information content (AvgIpc) is 2.46. The van der Waals surface area contributed by atoms with Gasteiger partial charge in [0.15, 0.2) is 0 Å². The van der Waals surface area contributed by atoms with Crippen molar-refractivity contribution in [3.05, 3.63) is 42.3 Å². The van der Waals surface area contributed by atoms with Gasteiger partial charge >= 0.3 is 0 Å². The van der Waals surface area contributed by atoms with E-state index in [9.17, 15) is 4.79 Å². The number of amides is 1. The molecule has 2 rings (SSSR count). The Morgan fingerprint density at radius 3 is 2.56 bits per heavy atom. The molecular formula is C14H17N2O2. The van der Waals surface area contributed by atoms with Crippen LogP contribution in [0.25, 0.3) is 0 Å². The van der Waals surface area contributed by atoms with Gasteiger partial charge in [0.25, 0.3) is 0 Å². The number of piperidine rings is 1. The molecule has 1 N–H and O–H groups in total. The minimum Gasteiger partial charge on any atom is -0.411 e. The zero-order valence-electron chi connectivity index (χ0n) is 10.2. The molecule has 1 radical (unpaired) electrons. The maximum absolute atomic E-state index is 11.9. The Labute approximate surface area is 107 Å². The number of carbonyl (C=O) groups is 1. The summed E-state index contributed by atoms with van der Waals surface area (Å²) in [6.07, 6.45) is 3.72. The van der Waals surface area contributed by atoms with E-state index in [2.05, 4.69) is 5.16 Å². The number of rotatable bonds is 3. The van der Waals surface area contributed by atoms with Gasteiger partial charge in [-0.25, -0.2) is 0 Å². The molecule has 1 aliphatic rings. The van der Waals surface area contributed by atoms with E-state index in [1.807, 2.05) is 30.3 Å². The number of carbonyl (C=O) groups excluding carboxylic acids is 1. The molecule has 95 valence electrons. The number of oxime groups is 1. The summed E-state index contributed by atoms with van der Waals surface area (Å²) in [6, 6.07) is 9.93. The van der Waals surface area contributed by atoms with E-state index in [1.54, 1.807) is 11.3 Å². The Balaban J connectivity index is 1.79. The van der Waals surface area contributed by atoms with Crippen LogP contribution in [-0.4, -0.2) is 34.8 Å². The van der Waals surface area contributed by atoms with Crippen molar-refractivity contribution < 1.29 is 10.0 Å². The fraction of sp³-hybridized carbons (Fsp3) is 0.357.